The van der Waals surface area contributed by atoms with Crippen molar-refractivity contribution in [2.24, 2.45) is 5.92 Å². The summed E-state index contributed by atoms with van der Waals surface area (Å²) in [5, 5.41) is 29.3. The minimum atomic E-state index is -1.38. The van der Waals surface area contributed by atoms with Crippen LogP contribution in [0.15, 0.2) is 60.8 Å². The molecule has 3 heterocycles. The molecule has 2 aliphatic heterocycles. The van der Waals surface area contributed by atoms with Crippen molar-refractivity contribution in [2.75, 3.05) is 13.1 Å². The molecule has 0 bridgehead atoms. The Balaban J connectivity index is 1.32. The fourth-order valence-corrected chi connectivity index (χ4v) is 9.21. The van der Waals surface area contributed by atoms with Gasteiger partial charge >= 0.3 is 0 Å². The third kappa shape index (κ3) is 12.7. The first-order valence-electron chi connectivity index (χ1n) is 22.8. The van der Waals surface area contributed by atoms with Crippen molar-refractivity contribution in [1.82, 2.24) is 41.8 Å². The van der Waals surface area contributed by atoms with Gasteiger partial charge in [-0.2, -0.15) is 0 Å². The Labute approximate surface area is 368 Å². The quantitative estimate of drug-likeness (QED) is 0.135. The zero-order chi connectivity index (χ0) is 44.9. The number of amides is 7. The standard InChI is InChI=1S/C47H64N8O8/c1-3-4-19-35-42(58)48-23-13-21-36(52-43(59)37(50-29(2)56)25-30-14-7-5-8-15-30)47(63)55-24-22-40(57)41(55)46(62)54-38(26-31-16-9-6-10-17-31)44(60)53-39(45(61)51-35)27-32-28-49-34-20-12-11-18-33(32)34/h5,7-8,11-12,14-15,18,20,28,31,35-41,49,57H,3-4,6,9-10,13,16-17,19,21-27H2,1-2H3,(H,48,58)(H,50,56)(H,51,61)(H,52,59)(H,53,60)(H,54,62)/t35-,36-,37-,38+,39-,40-,41-/m0/s1. The molecular weight excluding hydrogens is 805 g/mol. The molecule has 2 saturated heterocycles. The van der Waals surface area contributed by atoms with Gasteiger partial charge in [0.25, 0.3) is 0 Å². The zero-order valence-corrected chi connectivity index (χ0v) is 36.5. The molecule has 3 fully saturated rings. The lowest BCUT2D eigenvalue weighted by Gasteiger charge is -2.33. The van der Waals surface area contributed by atoms with Gasteiger partial charge in [-0.05, 0) is 55.2 Å². The fraction of sp³-hybridized carbons (Fsp3) is 0.553. The second kappa shape index (κ2) is 22.5. The molecule has 0 radical (unpaired) electrons. The predicted molar refractivity (Wildman–Crippen MR) is 237 cm³/mol. The highest BCUT2D eigenvalue weighted by Crippen LogP contribution is 2.29. The number of unbranched alkanes of at least 4 members (excludes halogenated alkanes) is 1. The van der Waals surface area contributed by atoms with E-state index >= 15 is 0 Å². The SMILES string of the molecule is CCCC[C@@H]1NC(=O)[C@H](Cc2c[nH]c3ccccc23)NC(=O)[C@@H](CC2CCCCC2)NC(=O)[C@@H]2[C@@H](O)CCN2C(=O)[C@@H](NC(=O)[C@H](Cc2ccccc2)NC(C)=O)CCCNC1=O. The van der Waals surface area contributed by atoms with E-state index in [-0.39, 0.29) is 57.5 Å². The molecule has 1 aliphatic carbocycles. The Morgan fingerprint density at radius 3 is 2.25 bits per heavy atom. The van der Waals surface area contributed by atoms with Crippen LogP contribution in [0.1, 0.15) is 102 Å². The van der Waals surface area contributed by atoms with Gasteiger partial charge < -0.3 is 46.9 Å². The van der Waals surface area contributed by atoms with Gasteiger partial charge in [0.05, 0.1) is 6.10 Å². The highest BCUT2D eigenvalue weighted by atomic mass is 16.3. The number of fused-ring (bicyclic) bond motifs is 2. The average Bonchev–Trinajstić information content (AvgIpc) is 3.88. The van der Waals surface area contributed by atoms with Crippen LogP contribution in [0, 0.1) is 5.92 Å². The number of aromatic nitrogens is 1. The summed E-state index contributed by atoms with van der Waals surface area (Å²) in [5.74, 6) is -3.87. The lowest BCUT2D eigenvalue weighted by atomic mass is 9.84. The average molecular weight is 869 g/mol. The molecule has 2 aromatic carbocycles. The molecule has 0 unspecified atom stereocenters. The topological polar surface area (TPSA) is 231 Å². The maximum atomic E-state index is 14.6. The van der Waals surface area contributed by atoms with E-state index in [1.807, 2.05) is 61.5 Å². The zero-order valence-electron chi connectivity index (χ0n) is 36.5. The molecule has 3 aromatic rings. The molecule has 16 nitrogen and oxygen atoms in total. The molecule has 340 valence electrons. The molecule has 0 spiro atoms. The maximum absolute atomic E-state index is 14.6. The Kier molecular flexibility index (Phi) is 16.7. The molecule has 1 aromatic heterocycles. The minimum absolute atomic E-state index is 0.00575. The number of aromatic amines is 1. The van der Waals surface area contributed by atoms with Crippen molar-refractivity contribution >= 4 is 52.3 Å². The molecule has 63 heavy (non-hydrogen) atoms. The number of H-pyrrole nitrogens is 1. The number of nitrogens with zero attached hydrogens (tertiary/aromatic N) is 1. The molecule has 8 N–H and O–H groups in total. The largest absolute Gasteiger partial charge is 0.390 e. The van der Waals surface area contributed by atoms with Gasteiger partial charge in [-0.15, -0.1) is 0 Å². The molecule has 16 heteroatoms. The normalized spacial score (nSPS) is 25.1. The first kappa shape index (κ1) is 46.7. The van der Waals surface area contributed by atoms with Crippen molar-refractivity contribution in [3.63, 3.8) is 0 Å². The van der Waals surface area contributed by atoms with Crippen LogP contribution in [0.25, 0.3) is 10.9 Å². The summed E-state index contributed by atoms with van der Waals surface area (Å²) < 4.78 is 0. The highest BCUT2D eigenvalue weighted by Gasteiger charge is 2.45. The van der Waals surface area contributed by atoms with Gasteiger partial charge in [-0.3, -0.25) is 33.6 Å². The number of aliphatic hydroxyl groups is 1. The van der Waals surface area contributed by atoms with E-state index in [2.05, 4.69) is 36.9 Å². The molecule has 6 rings (SSSR count). The summed E-state index contributed by atoms with van der Waals surface area (Å²) in [6, 6.07) is 9.94. The summed E-state index contributed by atoms with van der Waals surface area (Å²) in [4.78, 5) is 102. The number of aliphatic hydroxyl groups excluding tert-OH is 1. The van der Waals surface area contributed by atoms with E-state index < -0.39 is 83.7 Å². The lowest BCUT2D eigenvalue weighted by molar-refractivity contribution is -0.144. The summed E-state index contributed by atoms with van der Waals surface area (Å²) in [6.45, 7) is 3.37. The molecule has 1 saturated carbocycles. The molecule has 7 amide bonds. The van der Waals surface area contributed by atoms with E-state index in [0.29, 0.717) is 12.8 Å². The van der Waals surface area contributed by atoms with Crippen LogP contribution in [0.2, 0.25) is 0 Å². The van der Waals surface area contributed by atoms with Crippen molar-refractivity contribution in [3.8, 4) is 0 Å². The Morgan fingerprint density at radius 2 is 1.51 bits per heavy atom. The Hall–Kier alpha value is -5.77. The van der Waals surface area contributed by atoms with Crippen LogP contribution in [0.3, 0.4) is 0 Å². The summed E-state index contributed by atoms with van der Waals surface area (Å²) in [6.07, 6.45) is 7.86. The number of hydrogen-bond donors (Lipinski definition) is 8. The van der Waals surface area contributed by atoms with Crippen molar-refractivity contribution in [2.45, 2.75) is 146 Å². The molecule has 7 atom stereocenters. The van der Waals surface area contributed by atoms with Crippen LogP contribution < -0.4 is 31.9 Å². The molecular formula is C47H64N8O8. The number of carbonyl (C=O) groups is 7. The fourth-order valence-electron chi connectivity index (χ4n) is 9.21. The molecule has 3 aliphatic rings. The van der Waals surface area contributed by atoms with E-state index in [1.165, 1.54) is 11.8 Å². The van der Waals surface area contributed by atoms with Crippen LogP contribution in [-0.4, -0.2) is 112 Å². The first-order chi connectivity index (χ1) is 30.4. The van der Waals surface area contributed by atoms with E-state index in [1.54, 1.807) is 6.20 Å². The van der Waals surface area contributed by atoms with E-state index in [9.17, 15) is 38.7 Å². The maximum Gasteiger partial charge on any atom is 0.246 e. The van der Waals surface area contributed by atoms with Crippen LogP contribution >= 0.6 is 0 Å². The van der Waals surface area contributed by atoms with Gasteiger partial charge in [0, 0.05) is 50.0 Å². The van der Waals surface area contributed by atoms with Crippen molar-refractivity contribution in [1.29, 1.82) is 0 Å². The Morgan fingerprint density at radius 1 is 0.810 bits per heavy atom. The van der Waals surface area contributed by atoms with Crippen LogP contribution in [0.5, 0.6) is 0 Å². The van der Waals surface area contributed by atoms with Gasteiger partial charge in [-0.1, -0.05) is 100 Å². The predicted octanol–water partition coefficient (Wildman–Crippen LogP) is 2.43. The number of benzene rings is 2. The van der Waals surface area contributed by atoms with Gasteiger partial charge in [-0.25, -0.2) is 0 Å². The van der Waals surface area contributed by atoms with Gasteiger partial charge in [0.2, 0.25) is 41.4 Å². The number of carbonyl (C=O) groups excluding carboxylic acids is 7. The van der Waals surface area contributed by atoms with E-state index in [4.69, 9.17) is 0 Å². The van der Waals surface area contributed by atoms with Crippen molar-refractivity contribution in [3.05, 3.63) is 71.9 Å². The number of para-hydroxylation sites is 1. The van der Waals surface area contributed by atoms with E-state index in [0.717, 1.165) is 60.6 Å². The third-order valence-corrected chi connectivity index (χ3v) is 12.6. The number of nitrogens with one attached hydrogen (secondary N) is 7. The smallest absolute Gasteiger partial charge is 0.246 e. The second-order valence-corrected chi connectivity index (χ2v) is 17.4. The van der Waals surface area contributed by atoms with Crippen LogP contribution in [-0.2, 0) is 46.4 Å². The second-order valence-electron chi connectivity index (χ2n) is 17.4. The van der Waals surface area contributed by atoms with Gasteiger partial charge in [0.15, 0.2) is 0 Å². The lowest BCUT2D eigenvalue weighted by Crippen LogP contribution is -2.61. The first-order valence-corrected chi connectivity index (χ1v) is 22.8. The minimum Gasteiger partial charge on any atom is -0.390 e. The van der Waals surface area contributed by atoms with Crippen LogP contribution in [0.4, 0.5) is 0 Å². The summed E-state index contributed by atoms with van der Waals surface area (Å²) in [7, 11) is 0. The monoisotopic (exact) mass is 868 g/mol. The number of rotatable bonds is 12. The summed E-state index contributed by atoms with van der Waals surface area (Å²) >= 11 is 0. The number of hydrogen-bond acceptors (Lipinski definition) is 8. The van der Waals surface area contributed by atoms with Gasteiger partial charge in [0.1, 0.15) is 36.3 Å². The highest BCUT2D eigenvalue weighted by molar-refractivity contribution is 5.98. The summed E-state index contributed by atoms with van der Waals surface area (Å²) in [5.41, 5.74) is 2.42. The Bertz CT molecular complexity index is 2070. The third-order valence-electron chi connectivity index (χ3n) is 12.6. The van der Waals surface area contributed by atoms with Crippen molar-refractivity contribution < 1.29 is 38.7 Å².